The molecule has 0 amide bonds. The van der Waals surface area contributed by atoms with Gasteiger partial charge in [0, 0.05) is 38.6 Å². The molecule has 1 saturated heterocycles. The van der Waals surface area contributed by atoms with Crippen molar-refractivity contribution in [2.24, 2.45) is 0 Å². The molecule has 0 unspecified atom stereocenters. The first-order valence-electron chi connectivity index (χ1n) is 12.9. The van der Waals surface area contributed by atoms with Gasteiger partial charge in [-0.3, -0.25) is 4.90 Å². The number of hydrogen-bond acceptors (Lipinski definition) is 3. The van der Waals surface area contributed by atoms with Crippen molar-refractivity contribution in [3.63, 3.8) is 0 Å². The second-order valence-corrected chi connectivity index (χ2v) is 9.49. The van der Waals surface area contributed by atoms with Gasteiger partial charge in [0.05, 0.1) is 0 Å². The van der Waals surface area contributed by atoms with Crippen LogP contribution in [0.2, 0.25) is 0 Å². The van der Waals surface area contributed by atoms with Crippen LogP contribution in [0.3, 0.4) is 0 Å². The maximum atomic E-state index is 13.4. The van der Waals surface area contributed by atoms with Crippen molar-refractivity contribution in [2.45, 2.75) is 31.6 Å². The summed E-state index contributed by atoms with van der Waals surface area (Å²) < 4.78 is 45.6. The van der Waals surface area contributed by atoms with Crippen LogP contribution in [-0.4, -0.2) is 55.7 Å². The lowest BCUT2D eigenvalue weighted by atomic mass is 9.87. The van der Waals surface area contributed by atoms with Gasteiger partial charge in [-0.2, -0.15) is 0 Å². The Bertz CT molecular complexity index is 988. The highest BCUT2D eigenvalue weighted by atomic mass is 19.1. The molecule has 1 fully saturated rings. The number of piperazine rings is 1. The predicted octanol–water partition coefficient (Wildman–Crippen LogP) is 6.49. The lowest BCUT2D eigenvalue weighted by molar-refractivity contribution is 0.115. The molecular formula is C30H35F3N2O. The minimum Gasteiger partial charge on any atom is -0.492 e. The quantitative estimate of drug-likeness (QED) is 0.267. The average Bonchev–Trinajstić information content (AvgIpc) is 2.90. The number of hydrogen-bond donors (Lipinski definition) is 0. The largest absolute Gasteiger partial charge is 0.492 e. The summed E-state index contributed by atoms with van der Waals surface area (Å²) in [6, 6.07) is 19.5. The predicted molar refractivity (Wildman–Crippen MR) is 138 cm³/mol. The Morgan fingerprint density at radius 1 is 0.583 bits per heavy atom. The standard InChI is InChI=1S/C30H35F3N2O/c31-26-9-5-24(6-10-26)30(25-7-11-27(32)12-8-25)4-2-1-3-17-34-18-20-35(21-19-34)22-23-36-29-15-13-28(33)14-16-29/h5-16,30H,1-4,17-23H2. The van der Waals surface area contributed by atoms with E-state index < -0.39 is 0 Å². The van der Waals surface area contributed by atoms with Crippen molar-refractivity contribution in [1.29, 1.82) is 0 Å². The number of nitrogens with zero attached hydrogens (tertiary/aromatic N) is 2. The van der Waals surface area contributed by atoms with Crippen LogP contribution in [0.15, 0.2) is 72.8 Å². The zero-order chi connectivity index (χ0) is 25.2. The van der Waals surface area contributed by atoms with E-state index in [0.29, 0.717) is 12.4 Å². The van der Waals surface area contributed by atoms with Gasteiger partial charge in [0.2, 0.25) is 0 Å². The maximum Gasteiger partial charge on any atom is 0.123 e. The van der Waals surface area contributed by atoms with Gasteiger partial charge in [-0.1, -0.05) is 37.1 Å². The SMILES string of the molecule is Fc1ccc(OCCN2CCN(CCCCCC(c3ccc(F)cc3)c3ccc(F)cc3)CC2)cc1. The van der Waals surface area contributed by atoms with E-state index in [4.69, 9.17) is 4.74 Å². The summed E-state index contributed by atoms with van der Waals surface area (Å²) in [6.07, 6.45) is 4.30. The Hall–Kier alpha value is -2.83. The van der Waals surface area contributed by atoms with E-state index in [1.807, 2.05) is 24.3 Å². The molecule has 0 bridgehead atoms. The second kappa shape index (κ2) is 13.5. The smallest absolute Gasteiger partial charge is 0.123 e. The van der Waals surface area contributed by atoms with E-state index in [0.717, 1.165) is 76.1 Å². The molecule has 6 heteroatoms. The average molecular weight is 497 g/mol. The summed E-state index contributed by atoms with van der Waals surface area (Å²) in [4.78, 5) is 4.94. The number of unbranched alkanes of at least 4 members (excludes halogenated alkanes) is 2. The summed E-state index contributed by atoms with van der Waals surface area (Å²) in [5.74, 6) is 0.122. The molecule has 1 heterocycles. The van der Waals surface area contributed by atoms with Crippen LogP contribution in [0.1, 0.15) is 42.7 Å². The first kappa shape index (κ1) is 26.2. The van der Waals surface area contributed by atoms with Gasteiger partial charge in [-0.15, -0.1) is 0 Å². The summed E-state index contributed by atoms with van der Waals surface area (Å²) in [7, 11) is 0. The Morgan fingerprint density at radius 2 is 1.06 bits per heavy atom. The van der Waals surface area contributed by atoms with Gasteiger partial charge >= 0.3 is 0 Å². The second-order valence-electron chi connectivity index (χ2n) is 9.49. The number of rotatable bonds is 12. The van der Waals surface area contributed by atoms with Gasteiger partial charge in [0.25, 0.3) is 0 Å². The van der Waals surface area contributed by atoms with Crippen LogP contribution >= 0.6 is 0 Å². The van der Waals surface area contributed by atoms with E-state index in [-0.39, 0.29) is 23.4 Å². The minimum atomic E-state index is -0.251. The molecule has 1 aliphatic rings. The molecule has 0 aromatic heterocycles. The van der Waals surface area contributed by atoms with E-state index in [1.165, 1.54) is 36.4 Å². The Morgan fingerprint density at radius 3 is 1.58 bits per heavy atom. The van der Waals surface area contributed by atoms with Crippen molar-refractivity contribution in [3.8, 4) is 5.75 Å². The zero-order valence-corrected chi connectivity index (χ0v) is 20.7. The van der Waals surface area contributed by atoms with Crippen LogP contribution < -0.4 is 4.74 Å². The van der Waals surface area contributed by atoms with Crippen molar-refractivity contribution < 1.29 is 17.9 Å². The van der Waals surface area contributed by atoms with Crippen LogP contribution in [-0.2, 0) is 0 Å². The Balaban J connectivity index is 1.14. The van der Waals surface area contributed by atoms with Gasteiger partial charge in [0.1, 0.15) is 29.8 Å². The van der Waals surface area contributed by atoms with Gasteiger partial charge in [-0.25, -0.2) is 13.2 Å². The molecule has 3 nitrogen and oxygen atoms in total. The van der Waals surface area contributed by atoms with Crippen molar-refractivity contribution in [2.75, 3.05) is 45.9 Å². The van der Waals surface area contributed by atoms with Gasteiger partial charge in [0.15, 0.2) is 0 Å². The fourth-order valence-electron chi connectivity index (χ4n) is 4.84. The third-order valence-electron chi connectivity index (χ3n) is 6.97. The van der Waals surface area contributed by atoms with Crippen LogP contribution in [0, 0.1) is 17.5 Å². The lowest BCUT2D eigenvalue weighted by Crippen LogP contribution is -2.47. The summed E-state index contributed by atoms with van der Waals surface area (Å²) in [6.45, 7) is 6.76. The fourth-order valence-corrected chi connectivity index (χ4v) is 4.84. The normalized spacial score (nSPS) is 14.9. The highest BCUT2D eigenvalue weighted by Crippen LogP contribution is 2.30. The molecule has 0 atom stereocenters. The van der Waals surface area contributed by atoms with Crippen LogP contribution in [0.4, 0.5) is 13.2 Å². The fraction of sp³-hybridized carbons (Fsp3) is 0.400. The molecular weight excluding hydrogens is 461 g/mol. The molecule has 0 spiro atoms. The number of halogens is 3. The first-order chi connectivity index (χ1) is 17.6. The summed E-state index contributed by atoms with van der Waals surface area (Å²) in [5, 5.41) is 0. The van der Waals surface area contributed by atoms with Crippen LogP contribution in [0.25, 0.3) is 0 Å². The van der Waals surface area contributed by atoms with Gasteiger partial charge in [-0.05, 0) is 79.0 Å². The summed E-state index contributed by atoms with van der Waals surface area (Å²) in [5.41, 5.74) is 2.14. The molecule has 36 heavy (non-hydrogen) atoms. The molecule has 0 radical (unpaired) electrons. The Labute approximate surface area is 212 Å². The zero-order valence-electron chi connectivity index (χ0n) is 20.7. The molecule has 0 N–H and O–H groups in total. The highest BCUT2D eigenvalue weighted by molar-refractivity contribution is 5.32. The van der Waals surface area contributed by atoms with E-state index >= 15 is 0 Å². The van der Waals surface area contributed by atoms with Crippen molar-refractivity contribution in [1.82, 2.24) is 9.80 Å². The molecule has 0 aliphatic carbocycles. The molecule has 3 aromatic carbocycles. The highest BCUT2D eigenvalue weighted by Gasteiger charge is 2.17. The summed E-state index contributed by atoms with van der Waals surface area (Å²) >= 11 is 0. The molecule has 192 valence electrons. The maximum absolute atomic E-state index is 13.4. The first-order valence-corrected chi connectivity index (χ1v) is 12.9. The minimum absolute atomic E-state index is 0.145. The molecule has 4 rings (SSSR count). The van der Waals surface area contributed by atoms with E-state index in [2.05, 4.69) is 9.80 Å². The topological polar surface area (TPSA) is 15.7 Å². The Kier molecular flexibility index (Phi) is 9.82. The lowest BCUT2D eigenvalue weighted by Gasteiger charge is -2.34. The molecule has 0 saturated carbocycles. The van der Waals surface area contributed by atoms with Gasteiger partial charge < -0.3 is 9.64 Å². The molecule has 1 aliphatic heterocycles. The van der Waals surface area contributed by atoms with E-state index in [1.54, 1.807) is 12.1 Å². The monoisotopic (exact) mass is 496 g/mol. The van der Waals surface area contributed by atoms with E-state index in [9.17, 15) is 13.2 Å². The number of ether oxygens (including phenoxy) is 1. The number of benzene rings is 3. The third kappa shape index (κ3) is 8.10. The third-order valence-corrected chi connectivity index (χ3v) is 6.97. The van der Waals surface area contributed by atoms with Crippen molar-refractivity contribution >= 4 is 0 Å². The molecule has 3 aromatic rings. The van der Waals surface area contributed by atoms with Crippen molar-refractivity contribution in [3.05, 3.63) is 101 Å². The van der Waals surface area contributed by atoms with Crippen LogP contribution in [0.5, 0.6) is 5.75 Å².